The Morgan fingerprint density at radius 3 is 2.67 bits per heavy atom. The van der Waals surface area contributed by atoms with E-state index in [2.05, 4.69) is 71.9 Å². The van der Waals surface area contributed by atoms with E-state index in [-0.39, 0.29) is 0 Å². The number of imidazole rings is 1. The van der Waals surface area contributed by atoms with Crippen LogP contribution in [-0.4, -0.2) is 14.5 Å². The monoisotopic (exact) mass is 432 g/mol. The van der Waals surface area contributed by atoms with Gasteiger partial charge in [-0.15, -0.1) is 0 Å². The molecule has 0 fully saturated rings. The quantitative estimate of drug-likeness (QED) is 0.362. The number of nitriles is 1. The van der Waals surface area contributed by atoms with E-state index in [9.17, 15) is 5.26 Å². The molecule has 2 aromatic heterocycles. The molecule has 1 aliphatic carbocycles. The zero-order chi connectivity index (χ0) is 22.9. The summed E-state index contributed by atoms with van der Waals surface area (Å²) in [5, 5.41) is 9.73. The Kier molecular flexibility index (Phi) is 5.56. The fourth-order valence-corrected chi connectivity index (χ4v) is 5.00. The van der Waals surface area contributed by atoms with Crippen molar-refractivity contribution in [3.05, 3.63) is 99.5 Å². The molecule has 0 spiro atoms. The first-order valence-electron chi connectivity index (χ1n) is 11.7. The summed E-state index contributed by atoms with van der Waals surface area (Å²) in [7, 11) is 0. The number of pyridine rings is 1. The molecule has 2 heterocycles. The van der Waals surface area contributed by atoms with Gasteiger partial charge in [0.15, 0.2) is 5.65 Å². The second-order valence-corrected chi connectivity index (χ2v) is 8.92. The van der Waals surface area contributed by atoms with Crippen molar-refractivity contribution in [1.82, 2.24) is 14.5 Å². The Bertz CT molecular complexity index is 1430. The first kappa shape index (κ1) is 21.2. The number of rotatable bonds is 4. The number of aryl methyl sites for hydroxylation is 4. The number of aromatic nitrogens is 3. The Morgan fingerprint density at radius 1 is 1.06 bits per heavy atom. The summed E-state index contributed by atoms with van der Waals surface area (Å²) in [6.07, 6.45) is 5.80. The highest BCUT2D eigenvalue weighted by atomic mass is 15.1. The van der Waals surface area contributed by atoms with Gasteiger partial charge < -0.3 is 4.57 Å². The molecule has 0 atom stereocenters. The smallest absolute Gasteiger partial charge is 0.160 e. The van der Waals surface area contributed by atoms with Gasteiger partial charge in [0, 0.05) is 23.8 Å². The largest absolute Gasteiger partial charge is 0.308 e. The average molecular weight is 433 g/mol. The van der Waals surface area contributed by atoms with Crippen molar-refractivity contribution in [1.29, 1.82) is 5.26 Å². The van der Waals surface area contributed by atoms with Gasteiger partial charge in [-0.2, -0.15) is 5.26 Å². The molecule has 0 saturated carbocycles. The van der Waals surface area contributed by atoms with Crippen LogP contribution in [-0.2, 0) is 25.8 Å². The third kappa shape index (κ3) is 3.74. The topological polar surface area (TPSA) is 54.5 Å². The van der Waals surface area contributed by atoms with E-state index in [4.69, 9.17) is 4.98 Å². The number of fused-ring (bicyclic) bond motifs is 3. The van der Waals surface area contributed by atoms with Crippen LogP contribution in [0.4, 0.5) is 0 Å². The lowest BCUT2D eigenvalue weighted by atomic mass is 9.90. The summed E-state index contributed by atoms with van der Waals surface area (Å²) in [5.74, 6) is 1.09. The third-order valence-electron chi connectivity index (χ3n) is 6.66. The summed E-state index contributed by atoms with van der Waals surface area (Å²) in [6, 6.07) is 19.7. The normalized spacial score (nSPS) is 14.4. The van der Waals surface area contributed by atoms with Crippen molar-refractivity contribution >= 4 is 16.7 Å². The van der Waals surface area contributed by atoms with Crippen LogP contribution in [0, 0.1) is 18.3 Å². The minimum Gasteiger partial charge on any atom is -0.308 e. The van der Waals surface area contributed by atoms with Crippen LogP contribution < -0.4 is 0 Å². The lowest BCUT2D eigenvalue weighted by molar-refractivity contribution is 0.716. The highest BCUT2D eigenvalue weighted by Crippen LogP contribution is 2.36. The number of allylic oxidation sites excluding steroid dienone is 1. The van der Waals surface area contributed by atoms with Crippen molar-refractivity contribution in [2.24, 2.45) is 0 Å². The Hall–Kier alpha value is -3.71. The van der Waals surface area contributed by atoms with Gasteiger partial charge in [0.1, 0.15) is 11.3 Å². The number of benzene rings is 2. The molecule has 0 unspecified atom stereocenters. The van der Waals surface area contributed by atoms with Gasteiger partial charge in [0.25, 0.3) is 0 Å². The molecule has 4 aromatic rings. The van der Waals surface area contributed by atoms with E-state index in [1.807, 2.05) is 19.2 Å². The average Bonchev–Trinajstić information content (AvgIpc) is 3.08. The van der Waals surface area contributed by atoms with Gasteiger partial charge >= 0.3 is 0 Å². The molecule has 33 heavy (non-hydrogen) atoms. The van der Waals surface area contributed by atoms with Crippen LogP contribution in [0.25, 0.3) is 16.7 Å². The third-order valence-corrected chi connectivity index (χ3v) is 6.66. The zero-order valence-electron chi connectivity index (χ0n) is 19.5. The molecule has 1 aliphatic rings. The van der Waals surface area contributed by atoms with Crippen molar-refractivity contribution < 1.29 is 0 Å². The van der Waals surface area contributed by atoms with E-state index in [1.54, 1.807) is 0 Å². The van der Waals surface area contributed by atoms with Gasteiger partial charge in [-0.1, -0.05) is 49.4 Å². The van der Waals surface area contributed by atoms with Crippen molar-refractivity contribution in [2.75, 3.05) is 0 Å². The van der Waals surface area contributed by atoms with E-state index in [0.717, 1.165) is 65.9 Å². The van der Waals surface area contributed by atoms with E-state index < -0.39 is 0 Å². The van der Waals surface area contributed by atoms with E-state index in [1.165, 1.54) is 27.8 Å². The summed E-state index contributed by atoms with van der Waals surface area (Å²) >= 11 is 0. The lowest BCUT2D eigenvalue weighted by Crippen LogP contribution is -2.07. The predicted molar refractivity (Wildman–Crippen MR) is 133 cm³/mol. The van der Waals surface area contributed by atoms with Crippen molar-refractivity contribution in [3.63, 3.8) is 0 Å². The molecule has 0 radical (unpaired) electrons. The van der Waals surface area contributed by atoms with Crippen LogP contribution in [0.3, 0.4) is 0 Å². The standard InChI is InChI=1S/C29H28N4/c1-4-7-26-32-28-19(2)14-15-31-29(28)33(26)18-21-10-13-25-23(16-21)12-11-22-8-5-6-9-24(22)27(25)20(3)17-30/h5-6,8-10,13-16H,4,7,11-12,18H2,1-3H3. The van der Waals surface area contributed by atoms with Crippen molar-refractivity contribution in [2.45, 2.75) is 53.0 Å². The van der Waals surface area contributed by atoms with Crippen LogP contribution in [0.5, 0.6) is 0 Å². The summed E-state index contributed by atoms with van der Waals surface area (Å²) in [4.78, 5) is 9.60. The van der Waals surface area contributed by atoms with Gasteiger partial charge in [0.05, 0.1) is 12.6 Å². The molecule has 4 heteroatoms. The first-order valence-corrected chi connectivity index (χ1v) is 11.7. The van der Waals surface area contributed by atoms with Crippen LogP contribution >= 0.6 is 0 Å². The fourth-order valence-electron chi connectivity index (χ4n) is 5.00. The second-order valence-electron chi connectivity index (χ2n) is 8.92. The van der Waals surface area contributed by atoms with E-state index >= 15 is 0 Å². The molecule has 2 aromatic carbocycles. The lowest BCUT2D eigenvalue weighted by Gasteiger charge is -2.15. The van der Waals surface area contributed by atoms with Gasteiger partial charge in [-0.25, -0.2) is 9.97 Å². The number of nitrogens with zero attached hydrogens (tertiary/aromatic N) is 4. The van der Waals surface area contributed by atoms with Crippen LogP contribution in [0.2, 0.25) is 0 Å². The highest BCUT2D eigenvalue weighted by molar-refractivity contribution is 5.87. The maximum Gasteiger partial charge on any atom is 0.160 e. The predicted octanol–water partition coefficient (Wildman–Crippen LogP) is 6.18. The molecule has 0 saturated heterocycles. The Labute approximate surface area is 195 Å². The minimum absolute atomic E-state index is 0.749. The zero-order valence-corrected chi connectivity index (χ0v) is 19.5. The van der Waals surface area contributed by atoms with Crippen LogP contribution in [0.15, 0.2) is 60.3 Å². The molecule has 4 nitrogen and oxygen atoms in total. The number of hydrogen-bond acceptors (Lipinski definition) is 3. The Balaban J connectivity index is 1.60. The van der Waals surface area contributed by atoms with Crippen LogP contribution in [0.1, 0.15) is 59.5 Å². The molecule has 5 rings (SSSR count). The van der Waals surface area contributed by atoms with Gasteiger partial charge in [-0.3, -0.25) is 0 Å². The van der Waals surface area contributed by atoms with E-state index in [0.29, 0.717) is 0 Å². The number of hydrogen-bond donors (Lipinski definition) is 0. The Morgan fingerprint density at radius 2 is 1.85 bits per heavy atom. The summed E-state index contributed by atoms with van der Waals surface area (Å²) < 4.78 is 2.27. The molecule has 0 aliphatic heterocycles. The van der Waals surface area contributed by atoms with Gasteiger partial charge in [0.2, 0.25) is 0 Å². The summed E-state index contributed by atoms with van der Waals surface area (Å²) in [6.45, 7) is 6.97. The first-order chi connectivity index (χ1) is 16.1. The maximum absolute atomic E-state index is 9.73. The molecular weight excluding hydrogens is 404 g/mol. The summed E-state index contributed by atoms with van der Waals surface area (Å²) in [5.41, 5.74) is 11.2. The minimum atomic E-state index is 0.749. The van der Waals surface area contributed by atoms with Crippen molar-refractivity contribution in [3.8, 4) is 6.07 Å². The fraction of sp³-hybridized carbons (Fsp3) is 0.276. The SMILES string of the molecule is CCCc1nc2c(C)ccnc2n1Cc1ccc2c(c1)CCc1ccccc1C2=C(C)C#N. The maximum atomic E-state index is 9.73. The second kappa shape index (κ2) is 8.67. The molecule has 0 bridgehead atoms. The molecule has 0 N–H and O–H groups in total. The molecule has 164 valence electrons. The molecule has 0 amide bonds. The molecular formula is C29H28N4. The van der Waals surface area contributed by atoms with Gasteiger partial charge in [-0.05, 0) is 72.6 Å². The highest BCUT2D eigenvalue weighted by Gasteiger charge is 2.21.